The Hall–Kier alpha value is -2.69. The highest BCUT2D eigenvalue weighted by Gasteiger charge is 2.34. The Morgan fingerprint density at radius 3 is 2.34 bits per heavy atom. The topological polar surface area (TPSA) is 50.8 Å². The maximum Gasteiger partial charge on any atom is 0.318 e. The van der Waals surface area contributed by atoms with Gasteiger partial charge in [-0.05, 0) is 74.4 Å². The van der Waals surface area contributed by atoms with E-state index in [1.165, 1.54) is 12.8 Å². The minimum atomic E-state index is -0.00406. The smallest absolute Gasteiger partial charge is 0.318 e. The van der Waals surface area contributed by atoms with Crippen LogP contribution >= 0.6 is 0 Å². The standard InChI is InChI=1S/C24H32N2O3/c1-17(14-20-6-5-7-23(15-20)29-4)25-24(27)26(18(2)21-10-11-21)16-19-8-12-22(28-3)13-9-19/h5-9,12-13,15,17-18,21H,10-11,14,16H2,1-4H3,(H,25,27). The molecular formula is C24H32N2O3. The molecule has 1 aliphatic rings. The number of carbonyl (C=O) groups is 1. The molecule has 0 bridgehead atoms. The SMILES string of the molecule is COc1ccc(CN(C(=O)NC(C)Cc2cccc(OC)c2)C(C)C2CC2)cc1. The van der Waals surface area contributed by atoms with Crippen molar-refractivity contribution in [3.8, 4) is 11.5 Å². The van der Waals surface area contributed by atoms with Crippen LogP contribution in [0.5, 0.6) is 11.5 Å². The second kappa shape index (κ2) is 9.68. The molecule has 156 valence electrons. The van der Waals surface area contributed by atoms with Gasteiger partial charge in [0.25, 0.3) is 0 Å². The average Bonchev–Trinajstić information content (AvgIpc) is 3.57. The van der Waals surface area contributed by atoms with Gasteiger partial charge in [-0.25, -0.2) is 4.79 Å². The van der Waals surface area contributed by atoms with Crippen molar-refractivity contribution < 1.29 is 14.3 Å². The summed E-state index contributed by atoms with van der Waals surface area (Å²) in [4.78, 5) is 15.1. The van der Waals surface area contributed by atoms with Gasteiger partial charge in [0.2, 0.25) is 0 Å². The summed E-state index contributed by atoms with van der Waals surface area (Å²) in [5.41, 5.74) is 2.25. The average molecular weight is 397 g/mol. The number of amides is 2. The maximum absolute atomic E-state index is 13.1. The first-order chi connectivity index (χ1) is 14.0. The highest BCUT2D eigenvalue weighted by molar-refractivity contribution is 5.75. The van der Waals surface area contributed by atoms with Crippen molar-refractivity contribution in [2.75, 3.05) is 14.2 Å². The van der Waals surface area contributed by atoms with E-state index in [9.17, 15) is 4.79 Å². The molecule has 0 heterocycles. The minimum Gasteiger partial charge on any atom is -0.497 e. The molecule has 2 aromatic rings. The molecule has 1 N–H and O–H groups in total. The molecule has 2 aromatic carbocycles. The predicted octanol–water partition coefficient (Wildman–Crippen LogP) is 4.65. The van der Waals surface area contributed by atoms with Gasteiger partial charge in [0.15, 0.2) is 0 Å². The lowest BCUT2D eigenvalue weighted by atomic mass is 10.1. The van der Waals surface area contributed by atoms with Gasteiger partial charge in [0.1, 0.15) is 11.5 Å². The number of urea groups is 1. The molecule has 1 fully saturated rings. The zero-order chi connectivity index (χ0) is 20.8. The van der Waals surface area contributed by atoms with E-state index in [0.29, 0.717) is 12.5 Å². The van der Waals surface area contributed by atoms with Crippen LogP contribution in [0.1, 0.15) is 37.8 Å². The molecule has 0 saturated heterocycles. The fourth-order valence-corrected chi connectivity index (χ4v) is 3.66. The number of rotatable bonds is 9. The lowest BCUT2D eigenvalue weighted by molar-refractivity contribution is 0.164. The van der Waals surface area contributed by atoms with Gasteiger partial charge >= 0.3 is 6.03 Å². The second-order valence-corrected chi connectivity index (χ2v) is 7.96. The zero-order valence-electron chi connectivity index (χ0n) is 17.9. The molecule has 0 aliphatic heterocycles. The summed E-state index contributed by atoms with van der Waals surface area (Å²) < 4.78 is 10.5. The van der Waals surface area contributed by atoms with Crippen LogP contribution in [0.3, 0.4) is 0 Å². The van der Waals surface area contributed by atoms with E-state index >= 15 is 0 Å². The summed E-state index contributed by atoms with van der Waals surface area (Å²) in [6.45, 7) is 4.80. The van der Waals surface area contributed by atoms with Gasteiger partial charge in [-0.2, -0.15) is 0 Å². The van der Waals surface area contributed by atoms with Crippen molar-refractivity contribution in [1.29, 1.82) is 0 Å². The number of carbonyl (C=O) groups excluding carboxylic acids is 1. The Balaban J connectivity index is 1.65. The van der Waals surface area contributed by atoms with Crippen molar-refractivity contribution in [3.63, 3.8) is 0 Å². The van der Waals surface area contributed by atoms with Crippen LogP contribution in [0.2, 0.25) is 0 Å². The zero-order valence-corrected chi connectivity index (χ0v) is 17.9. The lowest BCUT2D eigenvalue weighted by Crippen LogP contribution is -2.48. The Morgan fingerprint density at radius 2 is 1.72 bits per heavy atom. The molecular weight excluding hydrogens is 364 g/mol. The Labute approximate surface area is 174 Å². The number of methoxy groups -OCH3 is 2. The van der Waals surface area contributed by atoms with Crippen LogP contribution in [0.15, 0.2) is 48.5 Å². The van der Waals surface area contributed by atoms with Crippen LogP contribution in [0.4, 0.5) is 4.79 Å². The molecule has 29 heavy (non-hydrogen) atoms. The Bertz CT molecular complexity index is 802. The summed E-state index contributed by atoms with van der Waals surface area (Å²) in [5.74, 6) is 2.27. The van der Waals surface area contributed by atoms with E-state index in [2.05, 4.69) is 18.3 Å². The summed E-state index contributed by atoms with van der Waals surface area (Å²) in [6, 6.07) is 16.2. The molecule has 2 atom stereocenters. The van der Waals surface area contributed by atoms with Gasteiger partial charge in [-0.3, -0.25) is 0 Å². The van der Waals surface area contributed by atoms with E-state index in [1.807, 2.05) is 54.3 Å². The molecule has 0 spiro atoms. The highest BCUT2D eigenvalue weighted by Crippen LogP contribution is 2.35. The molecule has 1 saturated carbocycles. The Morgan fingerprint density at radius 1 is 1.03 bits per heavy atom. The first kappa shape index (κ1) is 21.0. The number of nitrogens with zero attached hydrogens (tertiary/aromatic N) is 1. The van der Waals surface area contributed by atoms with E-state index < -0.39 is 0 Å². The van der Waals surface area contributed by atoms with Crippen molar-refractivity contribution in [1.82, 2.24) is 10.2 Å². The molecule has 5 nitrogen and oxygen atoms in total. The molecule has 0 aromatic heterocycles. The van der Waals surface area contributed by atoms with Gasteiger partial charge in [0, 0.05) is 18.6 Å². The third kappa shape index (κ3) is 5.89. The minimum absolute atomic E-state index is 0.00406. The van der Waals surface area contributed by atoms with Crippen LogP contribution in [0, 0.1) is 5.92 Å². The third-order valence-corrected chi connectivity index (χ3v) is 5.61. The molecule has 3 rings (SSSR count). The molecule has 5 heteroatoms. The van der Waals surface area contributed by atoms with E-state index in [1.54, 1.807) is 14.2 Å². The summed E-state index contributed by atoms with van der Waals surface area (Å²) in [6.07, 6.45) is 3.16. The third-order valence-electron chi connectivity index (χ3n) is 5.61. The van der Waals surface area contributed by atoms with Crippen molar-refractivity contribution in [3.05, 3.63) is 59.7 Å². The van der Waals surface area contributed by atoms with Crippen molar-refractivity contribution in [2.24, 2.45) is 5.92 Å². The number of hydrogen-bond donors (Lipinski definition) is 1. The second-order valence-electron chi connectivity index (χ2n) is 7.96. The van der Waals surface area contributed by atoms with Crippen LogP contribution in [-0.4, -0.2) is 37.2 Å². The monoisotopic (exact) mass is 396 g/mol. The van der Waals surface area contributed by atoms with Crippen molar-refractivity contribution >= 4 is 6.03 Å². The number of hydrogen-bond acceptors (Lipinski definition) is 3. The number of nitrogens with one attached hydrogen (secondary N) is 1. The van der Waals surface area contributed by atoms with Gasteiger partial charge in [0.05, 0.1) is 14.2 Å². The fraction of sp³-hybridized carbons (Fsp3) is 0.458. The summed E-state index contributed by atoms with van der Waals surface area (Å²) in [7, 11) is 3.33. The van der Waals surface area contributed by atoms with E-state index in [-0.39, 0.29) is 18.1 Å². The van der Waals surface area contributed by atoms with Crippen LogP contribution < -0.4 is 14.8 Å². The van der Waals surface area contributed by atoms with Crippen molar-refractivity contribution in [2.45, 2.75) is 51.7 Å². The quantitative estimate of drug-likeness (QED) is 0.671. The van der Waals surface area contributed by atoms with Gasteiger partial charge in [-0.15, -0.1) is 0 Å². The molecule has 2 amide bonds. The summed E-state index contributed by atoms with van der Waals surface area (Å²) in [5, 5.41) is 3.19. The van der Waals surface area contributed by atoms with Crippen LogP contribution in [-0.2, 0) is 13.0 Å². The van der Waals surface area contributed by atoms with Crippen LogP contribution in [0.25, 0.3) is 0 Å². The lowest BCUT2D eigenvalue weighted by Gasteiger charge is -2.31. The number of ether oxygens (including phenoxy) is 2. The maximum atomic E-state index is 13.1. The van der Waals surface area contributed by atoms with E-state index in [0.717, 1.165) is 29.0 Å². The molecule has 2 unspecified atom stereocenters. The Kier molecular flexibility index (Phi) is 7.02. The van der Waals surface area contributed by atoms with Gasteiger partial charge in [-0.1, -0.05) is 24.3 Å². The van der Waals surface area contributed by atoms with E-state index in [4.69, 9.17) is 9.47 Å². The predicted molar refractivity (Wildman–Crippen MR) is 115 cm³/mol. The fourth-order valence-electron chi connectivity index (χ4n) is 3.66. The first-order valence-electron chi connectivity index (χ1n) is 10.3. The molecule has 1 aliphatic carbocycles. The first-order valence-corrected chi connectivity index (χ1v) is 10.3. The highest BCUT2D eigenvalue weighted by atomic mass is 16.5. The largest absolute Gasteiger partial charge is 0.497 e. The summed E-state index contributed by atoms with van der Waals surface area (Å²) >= 11 is 0. The number of benzene rings is 2. The van der Waals surface area contributed by atoms with Gasteiger partial charge < -0.3 is 19.7 Å². The molecule has 0 radical (unpaired) electrons. The normalized spacial score (nSPS) is 15.3.